The molecule has 0 unspecified atom stereocenters. The minimum absolute atomic E-state index is 0.267. The Hall–Kier alpha value is -2.58. The zero-order chi connectivity index (χ0) is 18.4. The van der Waals surface area contributed by atoms with Crippen molar-refractivity contribution in [3.63, 3.8) is 0 Å². The molecule has 0 atom stereocenters. The number of nitrogens with one attached hydrogen (secondary N) is 2. The number of carbonyl (C=O) groups is 1. The minimum Gasteiger partial charge on any atom is -0.301 e. The number of hydrogen-bond donors (Lipinski definition) is 2. The van der Waals surface area contributed by atoms with Gasteiger partial charge in [0.05, 0.1) is 12.0 Å². The number of thioether (sulfide) groups is 1. The zero-order valence-electron chi connectivity index (χ0n) is 13.8. The van der Waals surface area contributed by atoms with Crippen molar-refractivity contribution < 1.29 is 13.2 Å². The van der Waals surface area contributed by atoms with E-state index in [4.69, 9.17) is 0 Å². The van der Waals surface area contributed by atoms with Gasteiger partial charge in [0.2, 0.25) is 0 Å². The molecule has 26 heavy (non-hydrogen) atoms. The highest BCUT2D eigenvalue weighted by Crippen LogP contribution is 2.14. The van der Waals surface area contributed by atoms with Crippen molar-refractivity contribution in [2.75, 3.05) is 17.0 Å². The number of amides is 1. The van der Waals surface area contributed by atoms with Gasteiger partial charge >= 0.3 is 0 Å². The van der Waals surface area contributed by atoms with Crippen LogP contribution in [0.25, 0.3) is 6.08 Å². The number of aliphatic imine (C=N–C) groups is 1. The lowest BCUT2D eigenvalue weighted by Gasteiger charge is -2.07. The maximum absolute atomic E-state index is 12.1. The van der Waals surface area contributed by atoms with Gasteiger partial charge in [-0.25, -0.2) is 8.42 Å². The quantitative estimate of drug-likeness (QED) is 0.826. The Morgan fingerprint density at radius 3 is 2.46 bits per heavy atom. The Balaban J connectivity index is 1.63. The largest absolute Gasteiger partial charge is 0.301 e. The summed E-state index contributed by atoms with van der Waals surface area (Å²) in [5.74, 6) is 0.601. The fourth-order valence-electron chi connectivity index (χ4n) is 2.20. The van der Waals surface area contributed by atoms with Crippen LogP contribution in [0.15, 0.2) is 65.0 Å². The summed E-state index contributed by atoms with van der Waals surface area (Å²) < 4.78 is 26.7. The molecule has 0 radical (unpaired) electrons. The van der Waals surface area contributed by atoms with E-state index < -0.39 is 10.0 Å². The summed E-state index contributed by atoms with van der Waals surface area (Å²) in [7, 11) is -3.64. The maximum Gasteiger partial charge on any atom is 0.257 e. The van der Waals surface area contributed by atoms with Crippen LogP contribution in [-0.4, -0.2) is 31.8 Å². The first kappa shape index (κ1) is 18.2. The van der Waals surface area contributed by atoms with E-state index in [2.05, 4.69) is 15.0 Å². The third kappa shape index (κ3) is 5.21. The summed E-state index contributed by atoms with van der Waals surface area (Å²) in [6.45, 7) is 0.706. The number of anilines is 1. The van der Waals surface area contributed by atoms with Crippen molar-refractivity contribution in [1.82, 2.24) is 5.32 Å². The van der Waals surface area contributed by atoms with Gasteiger partial charge in [-0.1, -0.05) is 42.1 Å². The Bertz CT molecular complexity index is 937. The van der Waals surface area contributed by atoms with Crippen molar-refractivity contribution in [3.8, 4) is 0 Å². The number of amidine groups is 1. The molecule has 0 fully saturated rings. The lowest BCUT2D eigenvalue weighted by molar-refractivity contribution is 0.0978. The molecule has 2 N–H and O–H groups in total. The molecule has 1 aliphatic heterocycles. The van der Waals surface area contributed by atoms with E-state index in [1.807, 2.05) is 30.3 Å². The highest BCUT2D eigenvalue weighted by atomic mass is 32.2. The molecular formula is C18H17N3O3S2. The molecular weight excluding hydrogens is 370 g/mol. The fourth-order valence-corrected chi connectivity index (χ4v) is 3.79. The molecule has 6 nitrogen and oxygen atoms in total. The maximum atomic E-state index is 12.1. The normalized spacial score (nSPS) is 14.2. The third-order valence-electron chi connectivity index (χ3n) is 3.45. The van der Waals surface area contributed by atoms with E-state index in [1.165, 1.54) is 17.8 Å². The average Bonchev–Trinajstić information content (AvgIpc) is 3.14. The Kier molecular flexibility index (Phi) is 5.75. The van der Waals surface area contributed by atoms with Crippen LogP contribution in [0.3, 0.4) is 0 Å². The summed E-state index contributed by atoms with van der Waals surface area (Å²) in [4.78, 5) is 16.3. The highest BCUT2D eigenvalue weighted by molar-refractivity contribution is 8.14. The van der Waals surface area contributed by atoms with E-state index in [0.717, 1.165) is 16.7 Å². The van der Waals surface area contributed by atoms with Gasteiger partial charge in [0, 0.05) is 17.0 Å². The van der Waals surface area contributed by atoms with E-state index in [0.29, 0.717) is 23.0 Å². The molecule has 0 spiro atoms. The summed E-state index contributed by atoms with van der Waals surface area (Å²) >= 11 is 1.50. The molecule has 0 saturated carbocycles. The van der Waals surface area contributed by atoms with Crippen molar-refractivity contribution in [2.45, 2.75) is 0 Å². The van der Waals surface area contributed by atoms with Gasteiger partial charge in [-0.2, -0.15) is 0 Å². The molecule has 3 rings (SSSR count). The molecule has 8 heteroatoms. The Morgan fingerprint density at radius 2 is 1.81 bits per heavy atom. The number of benzene rings is 2. The van der Waals surface area contributed by atoms with Crippen molar-refractivity contribution in [3.05, 3.63) is 71.1 Å². The van der Waals surface area contributed by atoms with Crippen LogP contribution in [-0.2, 0) is 10.0 Å². The third-order valence-corrected chi connectivity index (χ3v) is 5.36. The van der Waals surface area contributed by atoms with Crippen LogP contribution in [0.1, 0.15) is 15.9 Å². The molecule has 0 aromatic heterocycles. The number of carbonyl (C=O) groups excluding carboxylic acids is 1. The smallest absolute Gasteiger partial charge is 0.257 e. The number of nitrogens with zero attached hydrogens (tertiary/aromatic N) is 1. The van der Waals surface area contributed by atoms with Crippen LogP contribution >= 0.6 is 11.8 Å². The lowest BCUT2D eigenvalue weighted by Crippen LogP contribution is -2.27. The highest BCUT2D eigenvalue weighted by Gasteiger charge is 2.13. The van der Waals surface area contributed by atoms with Gasteiger partial charge in [-0.3, -0.25) is 14.5 Å². The Labute approximate surface area is 156 Å². The predicted octanol–water partition coefficient (Wildman–Crippen LogP) is 2.93. The van der Waals surface area contributed by atoms with Crippen LogP contribution in [0.2, 0.25) is 0 Å². The van der Waals surface area contributed by atoms with Crippen LogP contribution in [0, 0.1) is 0 Å². The molecule has 1 amide bonds. The van der Waals surface area contributed by atoms with E-state index in [1.54, 1.807) is 24.3 Å². The van der Waals surface area contributed by atoms with E-state index >= 15 is 0 Å². The van der Waals surface area contributed by atoms with Gasteiger partial charge in [0.1, 0.15) is 0 Å². The first-order valence-electron chi connectivity index (χ1n) is 7.86. The SMILES string of the molecule is O=C(NC1=NCCS1)c1ccc(NS(=O)(=O)/C=C/c2ccccc2)cc1. The summed E-state index contributed by atoms with van der Waals surface area (Å²) in [6.07, 6.45) is 1.52. The topological polar surface area (TPSA) is 87.6 Å². The van der Waals surface area contributed by atoms with Crippen molar-refractivity contribution in [2.24, 2.45) is 4.99 Å². The molecule has 1 aliphatic rings. The molecule has 0 saturated heterocycles. The number of sulfonamides is 1. The molecule has 2 aromatic rings. The average molecular weight is 387 g/mol. The first-order valence-corrected chi connectivity index (χ1v) is 10.4. The first-order chi connectivity index (χ1) is 12.5. The van der Waals surface area contributed by atoms with Crippen LogP contribution < -0.4 is 10.0 Å². The Morgan fingerprint density at radius 1 is 1.08 bits per heavy atom. The lowest BCUT2D eigenvalue weighted by atomic mass is 10.2. The van der Waals surface area contributed by atoms with Gasteiger partial charge in [-0.15, -0.1) is 0 Å². The van der Waals surface area contributed by atoms with Crippen LogP contribution in [0.5, 0.6) is 0 Å². The number of rotatable bonds is 5. The zero-order valence-corrected chi connectivity index (χ0v) is 15.4. The monoisotopic (exact) mass is 387 g/mol. The predicted molar refractivity (Wildman–Crippen MR) is 107 cm³/mol. The molecule has 134 valence electrons. The molecule has 0 bridgehead atoms. The van der Waals surface area contributed by atoms with Gasteiger partial charge in [0.15, 0.2) is 5.17 Å². The van der Waals surface area contributed by atoms with E-state index in [-0.39, 0.29) is 5.91 Å². The van der Waals surface area contributed by atoms with Crippen molar-refractivity contribution >= 4 is 44.6 Å². The molecule has 2 aromatic carbocycles. The van der Waals surface area contributed by atoms with E-state index in [9.17, 15) is 13.2 Å². The summed E-state index contributed by atoms with van der Waals surface area (Å²) in [6, 6.07) is 15.4. The minimum atomic E-state index is -3.64. The number of hydrogen-bond acceptors (Lipinski definition) is 5. The van der Waals surface area contributed by atoms with Crippen LogP contribution in [0.4, 0.5) is 5.69 Å². The standard InChI is InChI=1S/C18H17N3O3S2/c22-17(20-18-19-11-12-25-18)15-6-8-16(9-7-15)21-26(23,24)13-10-14-4-2-1-3-5-14/h1-10,13,21H,11-12H2,(H,19,20,22)/b13-10+. The fraction of sp³-hybridized carbons (Fsp3) is 0.111. The molecule has 1 heterocycles. The second-order valence-corrected chi connectivity index (χ2v) is 8.08. The van der Waals surface area contributed by atoms with Gasteiger partial charge < -0.3 is 5.32 Å². The molecule has 0 aliphatic carbocycles. The summed E-state index contributed by atoms with van der Waals surface area (Å²) in [5.41, 5.74) is 1.60. The van der Waals surface area contributed by atoms with Gasteiger partial charge in [0.25, 0.3) is 15.9 Å². The summed E-state index contributed by atoms with van der Waals surface area (Å²) in [5, 5.41) is 4.45. The van der Waals surface area contributed by atoms with Gasteiger partial charge in [-0.05, 0) is 35.9 Å². The van der Waals surface area contributed by atoms with Crippen molar-refractivity contribution in [1.29, 1.82) is 0 Å². The second-order valence-electron chi connectivity index (χ2n) is 5.43. The second kappa shape index (κ2) is 8.20.